The molecule has 1 fully saturated rings. The Bertz CT molecular complexity index is 186. The SMILES string of the molecule is CC1(NC(=O)CCCO)CCCCC1. The van der Waals surface area contributed by atoms with Gasteiger partial charge < -0.3 is 10.4 Å². The Morgan fingerprint density at radius 2 is 2.00 bits per heavy atom. The highest BCUT2D eigenvalue weighted by Crippen LogP contribution is 2.27. The monoisotopic (exact) mass is 199 g/mol. The van der Waals surface area contributed by atoms with E-state index in [0.29, 0.717) is 12.8 Å². The van der Waals surface area contributed by atoms with E-state index in [1.165, 1.54) is 19.3 Å². The molecule has 1 amide bonds. The molecule has 0 heterocycles. The van der Waals surface area contributed by atoms with Crippen molar-refractivity contribution in [3.8, 4) is 0 Å². The molecule has 0 spiro atoms. The van der Waals surface area contributed by atoms with E-state index < -0.39 is 0 Å². The van der Waals surface area contributed by atoms with Crippen LogP contribution >= 0.6 is 0 Å². The van der Waals surface area contributed by atoms with Crippen LogP contribution in [0.1, 0.15) is 51.9 Å². The molecule has 3 heteroatoms. The van der Waals surface area contributed by atoms with Gasteiger partial charge >= 0.3 is 0 Å². The molecule has 0 bridgehead atoms. The van der Waals surface area contributed by atoms with E-state index >= 15 is 0 Å². The lowest BCUT2D eigenvalue weighted by atomic mass is 9.83. The lowest BCUT2D eigenvalue weighted by molar-refractivity contribution is -0.123. The Balaban J connectivity index is 2.29. The van der Waals surface area contributed by atoms with Gasteiger partial charge in [-0.15, -0.1) is 0 Å². The van der Waals surface area contributed by atoms with Crippen molar-refractivity contribution in [1.82, 2.24) is 5.32 Å². The van der Waals surface area contributed by atoms with E-state index in [-0.39, 0.29) is 18.1 Å². The summed E-state index contributed by atoms with van der Waals surface area (Å²) in [5.74, 6) is 0.0865. The fourth-order valence-corrected chi connectivity index (χ4v) is 2.10. The molecule has 0 unspecified atom stereocenters. The molecule has 3 nitrogen and oxygen atoms in total. The number of aliphatic hydroxyl groups excluding tert-OH is 1. The minimum absolute atomic E-state index is 0.0186. The molecule has 0 aromatic rings. The molecule has 0 radical (unpaired) electrons. The predicted octanol–water partition coefficient (Wildman–Crippen LogP) is 1.60. The first-order chi connectivity index (χ1) is 6.66. The van der Waals surface area contributed by atoms with Crippen LogP contribution in [0.4, 0.5) is 0 Å². The van der Waals surface area contributed by atoms with Gasteiger partial charge in [0.15, 0.2) is 0 Å². The maximum Gasteiger partial charge on any atom is 0.220 e. The number of rotatable bonds is 4. The number of hydrogen-bond donors (Lipinski definition) is 2. The summed E-state index contributed by atoms with van der Waals surface area (Å²) in [5.41, 5.74) is 0.0186. The quantitative estimate of drug-likeness (QED) is 0.722. The van der Waals surface area contributed by atoms with Crippen molar-refractivity contribution in [3.63, 3.8) is 0 Å². The first-order valence-electron chi connectivity index (χ1n) is 5.58. The zero-order chi connectivity index (χ0) is 10.4. The van der Waals surface area contributed by atoms with Crippen molar-refractivity contribution in [2.75, 3.05) is 6.61 Å². The summed E-state index contributed by atoms with van der Waals surface area (Å²) in [7, 11) is 0. The van der Waals surface area contributed by atoms with E-state index in [1.807, 2.05) is 0 Å². The van der Waals surface area contributed by atoms with Gasteiger partial charge in [-0.3, -0.25) is 4.79 Å². The number of amides is 1. The average molecular weight is 199 g/mol. The molecule has 0 aromatic carbocycles. The number of nitrogens with one attached hydrogen (secondary N) is 1. The Morgan fingerprint density at radius 3 is 2.57 bits per heavy atom. The van der Waals surface area contributed by atoms with Crippen molar-refractivity contribution in [1.29, 1.82) is 0 Å². The highest BCUT2D eigenvalue weighted by atomic mass is 16.3. The van der Waals surface area contributed by atoms with Crippen molar-refractivity contribution in [2.45, 2.75) is 57.4 Å². The molecule has 2 N–H and O–H groups in total. The molecule has 1 rings (SSSR count). The summed E-state index contributed by atoms with van der Waals surface area (Å²) in [5, 5.41) is 11.7. The fraction of sp³-hybridized carbons (Fsp3) is 0.909. The van der Waals surface area contributed by atoms with Gasteiger partial charge in [-0.25, -0.2) is 0 Å². The second-order valence-corrected chi connectivity index (χ2v) is 4.50. The largest absolute Gasteiger partial charge is 0.396 e. The molecule has 0 aliphatic heterocycles. The summed E-state index contributed by atoms with van der Waals surface area (Å²) in [6, 6.07) is 0. The third-order valence-corrected chi connectivity index (χ3v) is 2.96. The third-order valence-electron chi connectivity index (χ3n) is 2.96. The van der Waals surface area contributed by atoms with Crippen LogP contribution in [0.15, 0.2) is 0 Å². The van der Waals surface area contributed by atoms with Crippen LogP contribution in [0, 0.1) is 0 Å². The van der Waals surface area contributed by atoms with Crippen LogP contribution in [-0.2, 0) is 4.79 Å². The fourth-order valence-electron chi connectivity index (χ4n) is 2.10. The maximum absolute atomic E-state index is 11.5. The van der Waals surface area contributed by atoms with Crippen LogP contribution in [-0.4, -0.2) is 23.2 Å². The summed E-state index contributed by atoms with van der Waals surface area (Å²) in [6.45, 7) is 2.23. The van der Waals surface area contributed by atoms with E-state index in [0.717, 1.165) is 12.8 Å². The molecule has 14 heavy (non-hydrogen) atoms. The second kappa shape index (κ2) is 5.35. The second-order valence-electron chi connectivity index (χ2n) is 4.50. The molecular weight excluding hydrogens is 178 g/mol. The summed E-state index contributed by atoms with van der Waals surface area (Å²) in [6.07, 6.45) is 6.94. The summed E-state index contributed by atoms with van der Waals surface area (Å²) in [4.78, 5) is 11.5. The van der Waals surface area contributed by atoms with Gasteiger partial charge in [0.05, 0.1) is 0 Å². The highest BCUT2D eigenvalue weighted by molar-refractivity contribution is 5.76. The zero-order valence-corrected chi connectivity index (χ0v) is 9.01. The average Bonchev–Trinajstić information content (AvgIpc) is 2.15. The van der Waals surface area contributed by atoms with Gasteiger partial charge in [0, 0.05) is 18.6 Å². The van der Waals surface area contributed by atoms with Crippen LogP contribution < -0.4 is 5.32 Å². The van der Waals surface area contributed by atoms with Gasteiger partial charge in [0.1, 0.15) is 0 Å². The van der Waals surface area contributed by atoms with E-state index in [4.69, 9.17) is 5.11 Å². The van der Waals surface area contributed by atoms with Crippen LogP contribution in [0.25, 0.3) is 0 Å². The Labute approximate surface area is 85.9 Å². The van der Waals surface area contributed by atoms with Crippen molar-refractivity contribution in [3.05, 3.63) is 0 Å². The molecule has 82 valence electrons. The molecule has 1 aliphatic rings. The van der Waals surface area contributed by atoms with Crippen LogP contribution in [0.5, 0.6) is 0 Å². The third kappa shape index (κ3) is 3.66. The molecule has 0 aromatic heterocycles. The predicted molar refractivity (Wildman–Crippen MR) is 56.0 cm³/mol. The summed E-state index contributed by atoms with van der Waals surface area (Å²) < 4.78 is 0. The normalized spacial score (nSPS) is 20.4. The topological polar surface area (TPSA) is 49.3 Å². The maximum atomic E-state index is 11.5. The van der Waals surface area contributed by atoms with Gasteiger partial charge in [-0.05, 0) is 26.2 Å². The lowest BCUT2D eigenvalue weighted by Crippen LogP contribution is -2.47. The first-order valence-corrected chi connectivity index (χ1v) is 5.58. The lowest BCUT2D eigenvalue weighted by Gasteiger charge is -2.34. The van der Waals surface area contributed by atoms with Gasteiger partial charge in [0.25, 0.3) is 0 Å². The minimum atomic E-state index is 0.0186. The molecule has 1 saturated carbocycles. The smallest absolute Gasteiger partial charge is 0.220 e. The van der Waals surface area contributed by atoms with E-state index in [9.17, 15) is 4.79 Å². The van der Waals surface area contributed by atoms with E-state index in [2.05, 4.69) is 12.2 Å². The Morgan fingerprint density at radius 1 is 1.36 bits per heavy atom. The van der Waals surface area contributed by atoms with Gasteiger partial charge in [-0.2, -0.15) is 0 Å². The van der Waals surface area contributed by atoms with Crippen molar-refractivity contribution >= 4 is 5.91 Å². The molecular formula is C11H21NO2. The van der Waals surface area contributed by atoms with Gasteiger partial charge in [-0.1, -0.05) is 19.3 Å². The zero-order valence-electron chi connectivity index (χ0n) is 9.01. The first kappa shape index (κ1) is 11.5. The Hall–Kier alpha value is -0.570. The number of carbonyl (C=O) groups excluding carboxylic acids is 1. The molecule has 0 atom stereocenters. The molecule has 0 saturated heterocycles. The highest BCUT2D eigenvalue weighted by Gasteiger charge is 2.27. The standard InChI is InChI=1S/C11H21NO2/c1-11(7-3-2-4-8-11)12-10(14)6-5-9-13/h13H,2-9H2,1H3,(H,12,14). The van der Waals surface area contributed by atoms with Gasteiger partial charge in [0.2, 0.25) is 5.91 Å². The number of aliphatic hydroxyl groups is 1. The molecule has 1 aliphatic carbocycles. The van der Waals surface area contributed by atoms with E-state index in [1.54, 1.807) is 0 Å². The van der Waals surface area contributed by atoms with Crippen LogP contribution in [0.2, 0.25) is 0 Å². The minimum Gasteiger partial charge on any atom is -0.396 e. The number of hydrogen-bond acceptors (Lipinski definition) is 2. The van der Waals surface area contributed by atoms with Crippen molar-refractivity contribution in [2.24, 2.45) is 0 Å². The van der Waals surface area contributed by atoms with Crippen molar-refractivity contribution < 1.29 is 9.90 Å². The number of carbonyl (C=O) groups is 1. The summed E-state index contributed by atoms with van der Waals surface area (Å²) >= 11 is 0. The Kier molecular flexibility index (Phi) is 4.39. The van der Waals surface area contributed by atoms with Crippen LogP contribution in [0.3, 0.4) is 0 Å².